The van der Waals surface area contributed by atoms with Gasteiger partial charge >= 0.3 is 5.97 Å². The van der Waals surface area contributed by atoms with Crippen LogP contribution in [0.1, 0.15) is 11.1 Å². The quantitative estimate of drug-likeness (QED) is 0.491. The van der Waals surface area contributed by atoms with Gasteiger partial charge in [0, 0.05) is 12.6 Å². The standard InChI is InChI=1S/C18H20N2O7S2/c1-27-16-8-4-14(5-9-18(21)22)12-17(16)29(25,26)20-11-10-13-2-6-15(7-3-13)28(19,23)24/h2-9,12,20H,10-11H2,1H3,(H,21,22)(H2,19,23,24). The number of carboxylic acid groups (broad SMARTS) is 1. The van der Waals surface area contributed by atoms with Crippen molar-refractivity contribution < 1.29 is 31.5 Å². The van der Waals surface area contributed by atoms with Crippen LogP contribution in [0, 0.1) is 0 Å². The molecule has 29 heavy (non-hydrogen) atoms. The highest BCUT2D eigenvalue weighted by Gasteiger charge is 2.19. The molecule has 156 valence electrons. The maximum atomic E-state index is 12.7. The van der Waals surface area contributed by atoms with Crippen molar-refractivity contribution in [2.24, 2.45) is 5.14 Å². The third-order valence-corrected chi connectivity index (χ3v) is 6.26. The highest BCUT2D eigenvalue weighted by Crippen LogP contribution is 2.25. The Balaban J connectivity index is 2.14. The fourth-order valence-electron chi connectivity index (χ4n) is 2.43. The van der Waals surface area contributed by atoms with E-state index in [1.807, 2.05) is 0 Å². The van der Waals surface area contributed by atoms with Crippen LogP contribution in [0.4, 0.5) is 0 Å². The zero-order valence-electron chi connectivity index (χ0n) is 15.4. The molecule has 0 aliphatic heterocycles. The number of carboxylic acids is 1. The van der Waals surface area contributed by atoms with Gasteiger partial charge in [0.25, 0.3) is 0 Å². The molecule has 0 amide bonds. The fraction of sp³-hybridized carbons (Fsp3) is 0.167. The summed E-state index contributed by atoms with van der Waals surface area (Å²) in [7, 11) is -6.40. The van der Waals surface area contributed by atoms with Gasteiger partial charge in [0.1, 0.15) is 10.6 Å². The average Bonchev–Trinajstić information content (AvgIpc) is 2.65. The first-order valence-electron chi connectivity index (χ1n) is 8.23. The van der Waals surface area contributed by atoms with Gasteiger partial charge < -0.3 is 9.84 Å². The Hall–Kier alpha value is -2.73. The van der Waals surface area contributed by atoms with E-state index >= 15 is 0 Å². The van der Waals surface area contributed by atoms with Crippen molar-refractivity contribution in [3.05, 3.63) is 59.7 Å². The minimum absolute atomic E-state index is 0.0298. The van der Waals surface area contributed by atoms with Gasteiger partial charge in [0.05, 0.1) is 12.0 Å². The number of primary sulfonamides is 1. The first-order valence-corrected chi connectivity index (χ1v) is 11.3. The molecule has 0 aromatic heterocycles. The molecule has 0 radical (unpaired) electrons. The number of hydrogen-bond acceptors (Lipinski definition) is 6. The van der Waals surface area contributed by atoms with Crippen molar-refractivity contribution in [3.63, 3.8) is 0 Å². The fourth-order valence-corrected chi connectivity index (χ4v) is 4.18. The van der Waals surface area contributed by atoms with E-state index in [-0.39, 0.29) is 22.1 Å². The van der Waals surface area contributed by atoms with E-state index in [0.717, 1.165) is 6.08 Å². The highest BCUT2D eigenvalue weighted by atomic mass is 32.2. The Kier molecular flexibility index (Phi) is 7.14. The summed E-state index contributed by atoms with van der Waals surface area (Å²) in [5.74, 6) is -1.04. The molecular weight excluding hydrogens is 420 g/mol. The molecule has 0 aliphatic rings. The van der Waals surface area contributed by atoms with Crippen LogP contribution in [0.15, 0.2) is 58.3 Å². The second-order valence-electron chi connectivity index (χ2n) is 5.92. The smallest absolute Gasteiger partial charge is 0.328 e. The van der Waals surface area contributed by atoms with Gasteiger partial charge in [-0.2, -0.15) is 0 Å². The van der Waals surface area contributed by atoms with Crippen molar-refractivity contribution >= 4 is 32.1 Å². The summed E-state index contributed by atoms with van der Waals surface area (Å²) < 4.78 is 55.3. The maximum absolute atomic E-state index is 12.7. The van der Waals surface area contributed by atoms with Crippen LogP contribution in [0.5, 0.6) is 5.75 Å². The van der Waals surface area contributed by atoms with Gasteiger partial charge in [-0.05, 0) is 47.9 Å². The Morgan fingerprint density at radius 2 is 1.79 bits per heavy atom. The predicted octanol–water partition coefficient (Wildman–Crippen LogP) is 0.961. The van der Waals surface area contributed by atoms with E-state index in [0.29, 0.717) is 17.5 Å². The zero-order chi connectivity index (χ0) is 21.7. The SMILES string of the molecule is COc1ccc(C=CC(=O)O)cc1S(=O)(=O)NCCc1ccc(S(N)(=O)=O)cc1. The predicted molar refractivity (Wildman–Crippen MR) is 106 cm³/mol. The number of ether oxygens (including phenoxy) is 1. The second-order valence-corrected chi connectivity index (χ2v) is 9.22. The average molecular weight is 440 g/mol. The number of nitrogens with one attached hydrogen (secondary N) is 1. The summed E-state index contributed by atoms with van der Waals surface area (Å²) in [6.45, 7) is 0.0510. The molecule has 0 saturated heterocycles. The van der Waals surface area contributed by atoms with Crippen LogP contribution in [0.25, 0.3) is 6.08 Å². The van der Waals surface area contributed by atoms with Crippen LogP contribution >= 0.6 is 0 Å². The molecule has 4 N–H and O–H groups in total. The lowest BCUT2D eigenvalue weighted by Gasteiger charge is -2.12. The van der Waals surface area contributed by atoms with E-state index < -0.39 is 26.0 Å². The minimum atomic E-state index is -3.94. The molecule has 9 nitrogen and oxygen atoms in total. The van der Waals surface area contributed by atoms with Crippen LogP contribution in [0.2, 0.25) is 0 Å². The third-order valence-electron chi connectivity index (χ3n) is 3.85. The van der Waals surface area contributed by atoms with Gasteiger partial charge in [0.15, 0.2) is 0 Å². The number of nitrogens with two attached hydrogens (primary N) is 1. The molecule has 2 aromatic rings. The molecule has 0 heterocycles. The van der Waals surface area contributed by atoms with Gasteiger partial charge in [-0.15, -0.1) is 0 Å². The Labute approximate surface area is 168 Å². The van der Waals surface area contributed by atoms with Crippen molar-refractivity contribution in [2.75, 3.05) is 13.7 Å². The molecule has 0 atom stereocenters. The molecule has 0 fully saturated rings. The highest BCUT2D eigenvalue weighted by molar-refractivity contribution is 7.89. The van der Waals surface area contributed by atoms with Crippen molar-refractivity contribution in [2.45, 2.75) is 16.2 Å². The molecular formula is C18H20N2O7S2. The Morgan fingerprint density at radius 3 is 2.34 bits per heavy atom. The number of methoxy groups -OCH3 is 1. The molecule has 2 aromatic carbocycles. The third kappa shape index (κ3) is 6.39. The van der Waals surface area contributed by atoms with Crippen LogP contribution < -0.4 is 14.6 Å². The van der Waals surface area contributed by atoms with E-state index in [2.05, 4.69) is 4.72 Å². The van der Waals surface area contributed by atoms with Crippen molar-refractivity contribution in [1.82, 2.24) is 4.72 Å². The molecule has 2 rings (SSSR count). The van der Waals surface area contributed by atoms with Crippen molar-refractivity contribution in [1.29, 1.82) is 0 Å². The second kappa shape index (κ2) is 9.18. The van der Waals surface area contributed by atoms with E-state index in [1.165, 1.54) is 43.5 Å². The molecule has 0 saturated carbocycles. The summed E-state index contributed by atoms with van der Waals surface area (Å²) in [4.78, 5) is 10.5. The summed E-state index contributed by atoms with van der Waals surface area (Å²) in [6, 6.07) is 10.1. The monoisotopic (exact) mass is 440 g/mol. The lowest BCUT2D eigenvalue weighted by molar-refractivity contribution is -0.131. The first kappa shape index (κ1) is 22.6. The molecule has 0 aliphatic carbocycles. The van der Waals surface area contributed by atoms with Gasteiger partial charge in [-0.3, -0.25) is 0 Å². The minimum Gasteiger partial charge on any atom is -0.495 e. The number of aliphatic carboxylic acids is 1. The number of hydrogen-bond donors (Lipinski definition) is 3. The number of benzene rings is 2. The number of sulfonamides is 2. The zero-order valence-corrected chi connectivity index (χ0v) is 17.0. The molecule has 0 spiro atoms. The topological polar surface area (TPSA) is 153 Å². The Morgan fingerprint density at radius 1 is 1.14 bits per heavy atom. The number of rotatable bonds is 9. The Bertz CT molecular complexity index is 1120. The summed E-state index contributed by atoms with van der Waals surface area (Å²) >= 11 is 0. The normalized spacial score (nSPS) is 12.2. The lowest BCUT2D eigenvalue weighted by atomic mass is 10.2. The van der Waals surface area contributed by atoms with E-state index in [1.54, 1.807) is 12.1 Å². The van der Waals surface area contributed by atoms with Crippen LogP contribution in [-0.4, -0.2) is 41.6 Å². The van der Waals surface area contributed by atoms with Gasteiger partial charge in [0.2, 0.25) is 20.0 Å². The summed E-state index contributed by atoms with van der Waals surface area (Å²) in [6.07, 6.45) is 2.48. The van der Waals surface area contributed by atoms with Gasteiger partial charge in [-0.1, -0.05) is 18.2 Å². The summed E-state index contributed by atoms with van der Waals surface area (Å²) in [5, 5.41) is 13.7. The molecule has 0 unspecified atom stereocenters. The molecule has 11 heteroatoms. The van der Waals surface area contributed by atoms with E-state index in [4.69, 9.17) is 15.0 Å². The van der Waals surface area contributed by atoms with E-state index in [9.17, 15) is 21.6 Å². The maximum Gasteiger partial charge on any atom is 0.328 e. The summed E-state index contributed by atoms with van der Waals surface area (Å²) in [5.41, 5.74) is 1.09. The van der Waals surface area contributed by atoms with Crippen LogP contribution in [0.3, 0.4) is 0 Å². The van der Waals surface area contributed by atoms with Crippen molar-refractivity contribution in [3.8, 4) is 5.75 Å². The number of carbonyl (C=O) groups is 1. The molecule has 0 bridgehead atoms. The van der Waals surface area contributed by atoms with Gasteiger partial charge in [-0.25, -0.2) is 31.5 Å². The lowest BCUT2D eigenvalue weighted by Crippen LogP contribution is -2.26. The first-order chi connectivity index (χ1) is 13.5. The largest absolute Gasteiger partial charge is 0.495 e. The van der Waals surface area contributed by atoms with Crippen LogP contribution in [-0.2, 0) is 31.3 Å².